The van der Waals surface area contributed by atoms with E-state index in [1.54, 1.807) is 18.2 Å². The highest BCUT2D eigenvalue weighted by Crippen LogP contribution is 2.14. The van der Waals surface area contributed by atoms with Crippen molar-refractivity contribution in [2.24, 2.45) is 0 Å². The Labute approximate surface area is 157 Å². The molecule has 1 aliphatic rings. The Morgan fingerprint density at radius 3 is 2.48 bits per heavy atom. The van der Waals surface area contributed by atoms with Crippen LogP contribution in [-0.4, -0.2) is 28.5 Å². The second kappa shape index (κ2) is 7.80. The van der Waals surface area contributed by atoms with Crippen molar-refractivity contribution in [2.45, 2.75) is 32.5 Å². The van der Waals surface area contributed by atoms with Crippen LogP contribution in [0.3, 0.4) is 0 Å². The molecule has 4 rings (SSSR count). The minimum atomic E-state index is -0.516. The van der Waals surface area contributed by atoms with E-state index in [2.05, 4.69) is 22.3 Å². The monoisotopic (exact) mass is 365 g/mol. The van der Waals surface area contributed by atoms with Gasteiger partial charge in [-0.15, -0.1) is 0 Å². The van der Waals surface area contributed by atoms with E-state index < -0.39 is 5.76 Å². The lowest BCUT2D eigenvalue weighted by Crippen LogP contribution is -2.30. The summed E-state index contributed by atoms with van der Waals surface area (Å²) >= 11 is 0. The van der Waals surface area contributed by atoms with Crippen molar-refractivity contribution in [1.29, 1.82) is 0 Å². The van der Waals surface area contributed by atoms with Gasteiger partial charge in [0.1, 0.15) is 6.54 Å². The molecule has 6 heteroatoms. The number of amides is 1. The van der Waals surface area contributed by atoms with Crippen molar-refractivity contribution in [3.05, 3.63) is 70.2 Å². The molecule has 1 aliphatic heterocycles. The number of oxazole rings is 1. The summed E-state index contributed by atoms with van der Waals surface area (Å²) in [5.74, 6) is -0.734. The molecule has 1 N–H and O–H groups in total. The minimum Gasteiger partial charge on any atom is -0.408 e. The lowest BCUT2D eigenvalue weighted by Gasteiger charge is -2.14. The third kappa shape index (κ3) is 4.11. The van der Waals surface area contributed by atoms with Crippen LogP contribution in [0.4, 0.5) is 0 Å². The number of hydrogen-bond donors (Lipinski definition) is 1. The van der Waals surface area contributed by atoms with Crippen LogP contribution in [0.25, 0.3) is 11.1 Å². The summed E-state index contributed by atoms with van der Waals surface area (Å²) in [6, 6.07) is 15.4. The molecular formula is C21H23N3O3. The highest BCUT2D eigenvalue weighted by atomic mass is 16.4. The third-order valence-electron chi connectivity index (χ3n) is 4.99. The van der Waals surface area contributed by atoms with E-state index in [9.17, 15) is 9.59 Å². The molecule has 2 heterocycles. The van der Waals surface area contributed by atoms with E-state index in [0.29, 0.717) is 17.6 Å². The number of para-hydroxylation sites is 2. The number of benzene rings is 2. The number of nitrogens with one attached hydrogen (secondary N) is 1. The number of fused-ring (bicyclic) bond motifs is 1. The first-order chi connectivity index (χ1) is 13.2. The molecule has 27 heavy (non-hydrogen) atoms. The minimum absolute atomic E-state index is 0.0527. The zero-order chi connectivity index (χ0) is 18.6. The van der Waals surface area contributed by atoms with E-state index in [1.807, 2.05) is 18.2 Å². The first-order valence-corrected chi connectivity index (χ1v) is 9.34. The van der Waals surface area contributed by atoms with Crippen molar-refractivity contribution >= 4 is 17.0 Å². The molecule has 0 saturated carbocycles. The predicted molar refractivity (Wildman–Crippen MR) is 103 cm³/mol. The molecule has 0 atom stereocenters. The maximum absolute atomic E-state index is 12.3. The summed E-state index contributed by atoms with van der Waals surface area (Å²) in [5.41, 5.74) is 3.45. The number of nitrogens with zero attached hydrogens (tertiary/aromatic N) is 2. The zero-order valence-electron chi connectivity index (χ0n) is 15.2. The van der Waals surface area contributed by atoms with Crippen molar-refractivity contribution in [3.63, 3.8) is 0 Å². The average Bonchev–Trinajstić information content (AvgIpc) is 3.29. The van der Waals surface area contributed by atoms with Crippen LogP contribution in [0, 0.1) is 0 Å². The normalized spacial score (nSPS) is 14.7. The van der Waals surface area contributed by atoms with Crippen molar-refractivity contribution in [2.75, 3.05) is 13.1 Å². The zero-order valence-corrected chi connectivity index (χ0v) is 15.2. The van der Waals surface area contributed by atoms with Gasteiger partial charge >= 0.3 is 5.76 Å². The molecule has 1 aromatic heterocycles. The second-order valence-corrected chi connectivity index (χ2v) is 7.00. The fraction of sp³-hybridized carbons (Fsp3) is 0.333. The maximum Gasteiger partial charge on any atom is 0.420 e. The number of rotatable bonds is 6. The molecule has 1 fully saturated rings. The van der Waals surface area contributed by atoms with E-state index in [1.165, 1.54) is 36.1 Å². The highest BCUT2D eigenvalue weighted by molar-refractivity contribution is 5.79. The van der Waals surface area contributed by atoms with Gasteiger partial charge in [0.15, 0.2) is 5.58 Å². The number of likely N-dealkylation sites (tertiary alicyclic amines) is 1. The third-order valence-corrected chi connectivity index (χ3v) is 4.99. The molecule has 0 aliphatic carbocycles. The molecule has 0 radical (unpaired) electrons. The van der Waals surface area contributed by atoms with Gasteiger partial charge in [0.05, 0.1) is 5.52 Å². The second-order valence-electron chi connectivity index (χ2n) is 7.00. The Morgan fingerprint density at radius 1 is 1.00 bits per heavy atom. The van der Waals surface area contributed by atoms with Gasteiger partial charge in [-0.05, 0) is 49.2 Å². The average molecular weight is 365 g/mol. The Hall–Kier alpha value is -2.86. The number of hydrogen-bond acceptors (Lipinski definition) is 4. The fourth-order valence-electron chi connectivity index (χ4n) is 3.53. The van der Waals surface area contributed by atoms with Crippen LogP contribution in [0.15, 0.2) is 57.7 Å². The largest absolute Gasteiger partial charge is 0.420 e. The summed E-state index contributed by atoms with van der Waals surface area (Å²) in [6.45, 7) is 3.74. The van der Waals surface area contributed by atoms with Gasteiger partial charge in [-0.25, -0.2) is 4.79 Å². The quantitative estimate of drug-likeness (QED) is 0.729. The Balaban J connectivity index is 1.33. The predicted octanol–water partition coefficient (Wildman–Crippen LogP) is 2.51. The SMILES string of the molecule is O=C(Cn1c(=O)oc2ccccc21)NCc1ccc(CN2CCCC2)cc1. The molecular weight excluding hydrogens is 342 g/mol. The van der Waals surface area contributed by atoms with Crippen LogP contribution in [0.1, 0.15) is 24.0 Å². The first-order valence-electron chi connectivity index (χ1n) is 9.34. The number of aromatic nitrogens is 1. The topological polar surface area (TPSA) is 67.5 Å². The van der Waals surface area contributed by atoms with Gasteiger partial charge in [0, 0.05) is 13.1 Å². The molecule has 2 aromatic carbocycles. The summed E-state index contributed by atoms with van der Waals surface area (Å²) in [7, 11) is 0. The van der Waals surface area contributed by atoms with Gasteiger partial charge in [-0.3, -0.25) is 14.3 Å². The molecule has 1 saturated heterocycles. The van der Waals surface area contributed by atoms with Crippen molar-refractivity contribution in [1.82, 2.24) is 14.8 Å². The molecule has 3 aromatic rings. The van der Waals surface area contributed by atoms with Gasteiger partial charge in [-0.1, -0.05) is 36.4 Å². The fourth-order valence-corrected chi connectivity index (χ4v) is 3.53. The van der Waals surface area contributed by atoms with Gasteiger partial charge < -0.3 is 9.73 Å². The van der Waals surface area contributed by atoms with Crippen LogP contribution in [-0.2, 0) is 24.4 Å². The van der Waals surface area contributed by atoms with Gasteiger partial charge in [-0.2, -0.15) is 0 Å². The van der Waals surface area contributed by atoms with Crippen molar-refractivity contribution < 1.29 is 9.21 Å². The Kier molecular flexibility index (Phi) is 5.07. The summed E-state index contributed by atoms with van der Waals surface area (Å²) in [6.07, 6.45) is 2.58. The van der Waals surface area contributed by atoms with Crippen molar-refractivity contribution in [3.8, 4) is 0 Å². The van der Waals surface area contributed by atoms with E-state index in [4.69, 9.17) is 4.42 Å². The lowest BCUT2D eigenvalue weighted by molar-refractivity contribution is -0.121. The van der Waals surface area contributed by atoms with Crippen LogP contribution in [0.5, 0.6) is 0 Å². The summed E-state index contributed by atoms with van der Waals surface area (Å²) in [5, 5.41) is 2.87. The smallest absolute Gasteiger partial charge is 0.408 e. The van der Waals surface area contributed by atoms with Gasteiger partial charge in [0.2, 0.25) is 5.91 Å². The van der Waals surface area contributed by atoms with Crippen LogP contribution < -0.4 is 11.1 Å². The number of carbonyl (C=O) groups excluding carboxylic acids is 1. The Bertz CT molecular complexity index is 982. The summed E-state index contributed by atoms with van der Waals surface area (Å²) < 4.78 is 6.50. The maximum atomic E-state index is 12.3. The molecule has 0 unspecified atom stereocenters. The van der Waals surface area contributed by atoms with Crippen LogP contribution >= 0.6 is 0 Å². The first kappa shape index (κ1) is 17.5. The molecule has 6 nitrogen and oxygen atoms in total. The molecule has 140 valence electrons. The van der Waals surface area contributed by atoms with E-state index in [0.717, 1.165) is 12.1 Å². The Morgan fingerprint density at radius 2 is 1.70 bits per heavy atom. The van der Waals surface area contributed by atoms with E-state index in [-0.39, 0.29) is 12.5 Å². The van der Waals surface area contributed by atoms with Gasteiger partial charge in [0.25, 0.3) is 0 Å². The summed E-state index contributed by atoms with van der Waals surface area (Å²) in [4.78, 5) is 26.7. The number of carbonyl (C=O) groups is 1. The van der Waals surface area contributed by atoms with Crippen LogP contribution in [0.2, 0.25) is 0 Å². The molecule has 0 spiro atoms. The molecule has 0 bridgehead atoms. The standard InChI is InChI=1S/C21H23N3O3/c25-20(15-24-18-5-1-2-6-19(18)27-21(24)26)22-13-16-7-9-17(10-8-16)14-23-11-3-4-12-23/h1-2,5-10H,3-4,11-15H2,(H,22,25). The van der Waals surface area contributed by atoms with E-state index >= 15 is 0 Å². The lowest BCUT2D eigenvalue weighted by atomic mass is 10.1. The highest BCUT2D eigenvalue weighted by Gasteiger charge is 2.13. The molecule has 1 amide bonds.